The zero-order valence-corrected chi connectivity index (χ0v) is 12.5. The van der Waals surface area contributed by atoms with Crippen molar-refractivity contribution in [2.45, 2.75) is 19.6 Å². The molecule has 0 aliphatic carbocycles. The Hall–Kier alpha value is -2.69. The number of aromatic nitrogens is 1. The van der Waals surface area contributed by atoms with E-state index in [4.69, 9.17) is 4.74 Å². The van der Waals surface area contributed by atoms with Crippen LogP contribution in [0.25, 0.3) is 10.9 Å². The zero-order chi connectivity index (χ0) is 16.4. The first kappa shape index (κ1) is 15.2. The average Bonchev–Trinajstić information content (AvgIpc) is 2.85. The van der Waals surface area contributed by atoms with Crippen LogP contribution in [0.1, 0.15) is 24.2 Å². The van der Waals surface area contributed by atoms with E-state index in [2.05, 4.69) is 0 Å². The topological polar surface area (TPSA) is 31.2 Å². The molecule has 1 unspecified atom stereocenters. The molecule has 0 saturated heterocycles. The molecular formula is C18H15F2NO2. The second kappa shape index (κ2) is 6.20. The van der Waals surface area contributed by atoms with Gasteiger partial charge in [0.1, 0.15) is 17.7 Å². The Bertz CT molecular complexity index is 857. The molecule has 0 aliphatic heterocycles. The first-order valence-electron chi connectivity index (χ1n) is 7.20. The summed E-state index contributed by atoms with van der Waals surface area (Å²) in [5.41, 5.74) is 2.30. The lowest BCUT2D eigenvalue weighted by Gasteiger charge is -2.07. The van der Waals surface area contributed by atoms with E-state index in [1.807, 2.05) is 16.8 Å². The smallest absolute Gasteiger partial charge is 0.293 e. The number of hydrogen-bond donors (Lipinski definition) is 0. The number of carbonyl (C=O) groups is 1. The SMILES string of the molecule is CC(OC=O)c1cn(Cc2cccc(F)c2)c2ccc(F)cc12. The van der Waals surface area contributed by atoms with Crippen molar-refractivity contribution in [3.63, 3.8) is 0 Å². The van der Waals surface area contributed by atoms with Crippen molar-refractivity contribution < 1.29 is 18.3 Å². The van der Waals surface area contributed by atoms with Crippen molar-refractivity contribution in [2.75, 3.05) is 0 Å². The standard InChI is InChI=1S/C18H15F2NO2/c1-12(23-11-22)17-10-21(9-13-3-2-4-14(19)7-13)18-6-5-15(20)8-16(17)18/h2-8,10-12H,9H2,1H3. The van der Waals surface area contributed by atoms with Crippen LogP contribution in [0.5, 0.6) is 0 Å². The molecule has 0 saturated carbocycles. The Balaban J connectivity index is 2.08. The molecule has 118 valence electrons. The Labute approximate surface area is 132 Å². The van der Waals surface area contributed by atoms with Crippen molar-refractivity contribution in [1.82, 2.24) is 4.57 Å². The molecule has 3 rings (SSSR count). The number of nitrogens with zero attached hydrogens (tertiary/aromatic N) is 1. The number of carbonyl (C=O) groups excluding carboxylic acids is 1. The van der Waals surface area contributed by atoms with E-state index in [1.54, 1.807) is 19.1 Å². The second-order valence-corrected chi connectivity index (χ2v) is 5.38. The number of halogens is 2. The lowest BCUT2D eigenvalue weighted by molar-refractivity contribution is -0.133. The summed E-state index contributed by atoms with van der Waals surface area (Å²) in [6, 6.07) is 10.8. The Morgan fingerprint density at radius 2 is 1.96 bits per heavy atom. The molecule has 1 aromatic heterocycles. The molecule has 1 heterocycles. The Morgan fingerprint density at radius 1 is 1.17 bits per heavy atom. The molecule has 0 spiro atoms. The minimum Gasteiger partial charge on any atom is -0.460 e. The maximum absolute atomic E-state index is 13.6. The number of ether oxygens (including phenoxy) is 1. The van der Waals surface area contributed by atoms with E-state index in [9.17, 15) is 13.6 Å². The summed E-state index contributed by atoms with van der Waals surface area (Å²) in [6.07, 6.45) is 1.31. The molecule has 0 N–H and O–H groups in total. The van der Waals surface area contributed by atoms with Gasteiger partial charge in [0.05, 0.1) is 0 Å². The van der Waals surface area contributed by atoms with Gasteiger partial charge in [0.2, 0.25) is 0 Å². The van der Waals surface area contributed by atoms with Gasteiger partial charge >= 0.3 is 0 Å². The Kier molecular flexibility index (Phi) is 4.10. The molecule has 0 amide bonds. The van der Waals surface area contributed by atoms with E-state index in [0.717, 1.165) is 11.1 Å². The van der Waals surface area contributed by atoms with Crippen LogP contribution in [0.15, 0.2) is 48.7 Å². The van der Waals surface area contributed by atoms with E-state index in [0.29, 0.717) is 24.0 Å². The van der Waals surface area contributed by atoms with E-state index in [-0.39, 0.29) is 11.6 Å². The summed E-state index contributed by atoms with van der Waals surface area (Å²) in [7, 11) is 0. The molecule has 0 aliphatic rings. The highest BCUT2D eigenvalue weighted by molar-refractivity contribution is 5.84. The van der Waals surface area contributed by atoms with Crippen LogP contribution in [-0.2, 0) is 16.1 Å². The quantitative estimate of drug-likeness (QED) is 0.661. The highest BCUT2D eigenvalue weighted by Gasteiger charge is 2.16. The van der Waals surface area contributed by atoms with Gasteiger partial charge in [-0.25, -0.2) is 8.78 Å². The largest absolute Gasteiger partial charge is 0.460 e. The van der Waals surface area contributed by atoms with E-state index in [1.165, 1.54) is 24.3 Å². The van der Waals surface area contributed by atoms with Crippen LogP contribution in [0.2, 0.25) is 0 Å². The van der Waals surface area contributed by atoms with E-state index >= 15 is 0 Å². The van der Waals surface area contributed by atoms with Crippen molar-refractivity contribution in [3.05, 3.63) is 71.4 Å². The van der Waals surface area contributed by atoms with Crippen LogP contribution in [-0.4, -0.2) is 11.0 Å². The molecule has 0 radical (unpaired) electrons. The fourth-order valence-electron chi connectivity index (χ4n) is 2.74. The summed E-state index contributed by atoms with van der Waals surface area (Å²) in [5.74, 6) is -0.663. The summed E-state index contributed by atoms with van der Waals surface area (Å²) in [5, 5.41) is 0.677. The third kappa shape index (κ3) is 3.08. The second-order valence-electron chi connectivity index (χ2n) is 5.38. The molecule has 5 heteroatoms. The van der Waals surface area contributed by atoms with Crippen molar-refractivity contribution in [2.24, 2.45) is 0 Å². The third-order valence-electron chi connectivity index (χ3n) is 3.81. The maximum atomic E-state index is 13.6. The van der Waals surface area contributed by atoms with Crippen LogP contribution < -0.4 is 0 Å². The summed E-state index contributed by atoms with van der Waals surface area (Å²) in [6.45, 7) is 2.54. The van der Waals surface area contributed by atoms with Crippen molar-refractivity contribution >= 4 is 17.4 Å². The predicted octanol–water partition coefficient (Wildman–Crippen LogP) is 4.20. The zero-order valence-electron chi connectivity index (χ0n) is 12.5. The van der Waals surface area contributed by atoms with Gasteiger partial charge in [0.25, 0.3) is 6.47 Å². The third-order valence-corrected chi connectivity index (χ3v) is 3.81. The fraction of sp³-hybridized carbons (Fsp3) is 0.167. The summed E-state index contributed by atoms with van der Waals surface area (Å²) in [4.78, 5) is 10.6. The van der Waals surface area contributed by atoms with Crippen LogP contribution >= 0.6 is 0 Å². The molecule has 3 aromatic rings. The monoisotopic (exact) mass is 315 g/mol. The minimum absolute atomic E-state index is 0.303. The fourth-order valence-corrected chi connectivity index (χ4v) is 2.74. The first-order valence-corrected chi connectivity index (χ1v) is 7.20. The number of benzene rings is 2. The van der Waals surface area contributed by atoms with E-state index < -0.39 is 6.10 Å². The highest BCUT2D eigenvalue weighted by Crippen LogP contribution is 2.29. The van der Waals surface area contributed by atoms with Crippen LogP contribution in [0, 0.1) is 11.6 Å². The summed E-state index contributed by atoms with van der Waals surface area (Å²) >= 11 is 0. The molecule has 23 heavy (non-hydrogen) atoms. The highest BCUT2D eigenvalue weighted by atomic mass is 19.1. The van der Waals surface area contributed by atoms with Gasteiger partial charge in [-0.05, 0) is 42.8 Å². The minimum atomic E-state index is -0.495. The van der Waals surface area contributed by atoms with Crippen LogP contribution in [0.3, 0.4) is 0 Å². The van der Waals surface area contributed by atoms with Gasteiger partial charge in [0.15, 0.2) is 0 Å². The van der Waals surface area contributed by atoms with Gasteiger partial charge in [-0.15, -0.1) is 0 Å². The van der Waals surface area contributed by atoms with Gasteiger partial charge in [-0.1, -0.05) is 12.1 Å². The van der Waals surface area contributed by atoms with Crippen molar-refractivity contribution in [3.8, 4) is 0 Å². The Morgan fingerprint density at radius 3 is 2.70 bits per heavy atom. The normalized spacial score (nSPS) is 12.3. The number of rotatable bonds is 5. The molecule has 1 atom stereocenters. The lowest BCUT2D eigenvalue weighted by atomic mass is 10.1. The lowest BCUT2D eigenvalue weighted by Crippen LogP contribution is -1.99. The predicted molar refractivity (Wildman–Crippen MR) is 83.0 cm³/mol. The summed E-state index contributed by atoms with van der Waals surface area (Å²) < 4.78 is 33.8. The van der Waals surface area contributed by atoms with Gasteiger partial charge in [0, 0.05) is 29.2 Å². The number of fused-ring (bicyclic) bond motifs is 1. The maximum Gasteiger partial charge on any atom is 0.293 e. The first-order chi connectivity index (χ1) is 11.1. The average molecular weight is 315 g/mol. The van der Waals surface area contributed by atoms with Gasteiger partial charge < -0.3 is 9.30 Å². The van der Waals surface area contributed by atoms with Crippen LogP contribution in [0.4, 0.5) is 8.78 Å². The molecular weight excluding hydrogens is 300 g/mol. The van der Waals surface area contributed by atoms with Crippen molar-refractivity contribution in [1.29, 1.82) is 0 Å². The van der Waals surface area contributed by atoms with Gasteiger partial charge in [-0.2, -0.15) is 0 Å². The molecule has 2 aromatic carbocycles. The molecule has 0 bridgehead atoms. The number of hydrogen-bond acceptors (Lipinski definition) is 2. The van der Waals surface area contributed by atoms with Gasteiger partial charge in [-0.3, -0.25) is 4.79 Å². The molecule has 3 nitrogen and oxygen atoms in total. The molecule has 0 fully saturated rings.